The van der Waals surface area contributed by atoms with E-state index in [1.807, 2.05) is 6.92 Å². The van der Waals surface area contributed by atoms with Crippen LogP contribution in [0.3, 0.4) is 0 Å². The Morgan fingerprint density at radius 1 is 1.29 bits per heavy atom. The molecule has 3 rings (SSSR count). The number of hydrogen-bond acceptors (Lipinski definition) is 5. The summed E-state index contributed by atoms with van der Waals surface area (Å²) < 4.78 is 32.0. The van der Waals surface area contributed by atoms with Crippen LogP contribution in [0.2, 0.25) is 0 Å². The molecule has 2 heterocycles. The third kappa shape index (κ3) is 2.48. The molecule has 1 N–H and O–H groups in total. The zero-order valence-corrected chi connectivity index (χ0v) is 12.4. The SMILES string of the molecule is CCN(C1CNC1)S(=O)(=O)c1ccc2oc(=O)ccc2c1. The van der Waals surface area contributed by atoms with Crippen LogP contribution in [-0.2, 0) is 10.0 Å². The Hall–Kier alpha value is -1.70. The molecule has 2 aromatic rings. The molecule has 0 unspecified atom stereocenters. The zero-order chi connectivity index (χ0) is 15.0. The first-order valence-corrected chi connectivity index (χ1v) is 8.23. The van der Waals surface area contributed by atoms with Crippen molar-refractivity contribution in [3.8, 4) is 0 Å². The van der Waals surface area contributed by atoms with Crippen molar-refractivity contribution in [2.24, 2.45) is 0 Å². The first kappa shape index (κ1) is 14.2. The van der Waals surface area contributed by atoms with Gasteiger partial charge in [0.2, 0.25) is 10.0 Å². The van der Waals surface area contributed by atoms with Crippen LogP contribution in [0, 0.1) is 0 Å². The lowest BCUT2D eigenvalue weighted by Gasteiger charge is -2.36. The minimum Gasteiger partial charge on any atom is -0.423 e. The molecule has 1 aromatic heterocycles. The van der Waals surface area contributed by atoms with E-state index in [0.717, 1.165) is 0 Å². The van der Waals surface area contributed by atoms with Crippen molar-refractivity contribution in [3.63, 3.8) is 0 Å². The molecule has 7 heteroatoms. The molecule has 0 radical (unpaired) electrons. The quantitative estimate of drug-likeness (QED) is 0.844. The summed E-state index contributed by atoms with van der Waals surface area (Å²) in [5, 5.41) is 3.68. The Morgan fingerprint density at radius 2 is 2.05 bits per heavy atom. The average molecular weight is 308 g/mol. The maximum atomic E-state index is 12.7. The highest BCUT2D eigenvalue weighted by molar-refractivity contribution is 7.89. The second-order valence-electron chi connectivity index (χ2n) is 4.97. The summed E-state index contributed by atoms with van der Waals surface area (Å²) in [6, 6.07) is 7.41. The van der Waals surface area contributed by atoms with Gasteiger partial charge < -0.3 is 9.73 Å². The minimum atomic E-state index is -3.54. The average Bonchev–Trinajstić information content (AvgIpc) is 2.41. The predicted molar refractivity (Wildman–Crippen MR) is 78.7 cm³/mol. The van der Waals surface area contributed by atoms with Crippen molar-refractivity contribution in [3.05, 3.63) is 40.8 Å². The lowest BCUT2D eigenvalue weighted by Crippen LogP contribution is -2.58. The zero-order valence-electron chi connectivity index (χ0n) is 11.6. The molecule has 6 nitrogen and oxygen atoms in total. The molecule has 1 saturated heterocycles. The standard InChI is InChI=1S/C14H16N2O4S/c1-2-16(11-8-15-9-11)21(18,19)12-4-5-13-10(7-12)3-6-14(17)20-13/h3-7,11,15H,2,8-9H2,1H3. The molecule has 1 fully saturated rings. The van der Waals surface area contributed by atoms with Crippen molar-refractivity contribution < 1.29 is 12.8 Å². The summed E-state index contributed by atoms with van der Waals surface area (Å²) in [5.74, 6) is 0. The van der Waals surface area contributed by atoms with E-state index < -0.39 is 15.6 Å². The number of hydrogen-bond donors (Lipinski definition) is 1. The highest BCUT2D eigenvalue weighted by Gasteiger charge is 2.33. The molecular weight excluding hydrogens is 292 g/mol. The Kier molecular flexibility index (Phi) is 3.56. The normalized spacial score (nSPS) is 16.3. The van der Waals surface area contributed by atoms with Crippen LogP contribution in [-0.4, -0.2) is 38.4 Å². The molecule has 0 atom stereocenters. The van der Waals surface area contributed by atoms with Crippen LogP contribution in [0.25, 0.3) is 11.0 Å². The van der Waals surface area contributed by atoms with E-state index in [-0.39, 0.29) is 10.9 Å². The molecule has 0 bridgehead atoms. The van der Waals surface area contributed by atoms with Crippen molar-refractivity contribution in [1.29, 1.82) is 0 Å². The van der Waals surface area contributed by atoms with Crippen LogP contribution >= 0.6 is 0 Å². The summed E-state index contributed by atoms with van der Waals surface area (Å²) in [6.45, 7) is 3.61. The van der Waals surface area contributed by atoms with Gasteiger partial charge in [-0.3, -0.25) is 0 Å². The number of fused-ring (bicyclic) bond motifs is 1. The number of nitrogens with one attached hydrogen (secondary N) is 1. The second-order valence-corrected chi connectivity index (χ2v) is 6.87. The lowest BCUT2D eigenvalue weighted by atomic mass is 10.2. The van der Waals surface area contributed by atoms with E-state index in [4.69, 9.17) is 4.42 Å². The fourth-order valence-electron chi connectivity index (χ4n) is 2.45. The van der Waals surface area contributed by atoms with Gasteiger partial charge in [0.15, 0.2) is 0 Å². The van der Waals surface area contributed by atoms with Crippen LogP contribution in [0.1, 0.15) is 6.92 Å². The fraction of sp³-hybridized carbons (Fsp3) is 0.357. The van der Waals surface area contributed by atoms with Gasteiger partial charge in [-0.05, 0) is 24.3 Å². The number of nitrogens with zero attached hydrogens (tertiary/aromatic N) is 1. The molecule has 1 aliphatic rings. The van der Waals surface area contributed by atoms with E-state index in [2.05, 4.69) is 5.32 Å². The van der Waals surface area contributed by atoms with Gasteiger partial charge in [-0.1, -0.05) is 6.92 Å². The summed E-state index contributed by atoms with van der Waals surface area (Å²) in [7, 11) is -3.54. The molecule has 112 valence electrons. The summed E-state index contributed by atoms with van der Waals surface area (Å²) in [4.78, 5) is 11.4. The van der Waals surface area contributed by atoms with E-state index in [9.17, 15) is 13.2 Å². The molecule has 21 heavy (non-hydrogen) atoms. The van der Waals surface area contributed by atoms with Gasteiger partial charge in [-0.15, -0.1) is 0 Å². The van der Waals surface area contributed by atoms with Crippen LogP contribution < -0.4 is 10.9 Å². The highest BCUT2D eigenvalue weighted by atomic mass is 32.2. The number of sulfonamides is 1. The monoisotopic (exact) mass is 308 g/mol. The summed E-state index contributed by atoms with van der Waals surface area (Å²) in [5.41, 5.74) is -0.0661. The van der Waals surface area contributed by atoms with Crippen molar-refractivity contribution in [2.45, 2.75) is 17.9 Å². The van der Waals surface area contributed by atoms with Gasteiger partial charge in [0.05, 0.1) is 4.90 Å². The molecule has 1 aromatic carbocycles. The van der Waals surface area contributed by atoms with Crippen LogP contribution in [0.5, 0.6) is 0 Å². The van der Waals surface area contributed by atoms with Crippen molar-refractivity contribution >= 4 is 21.0 Å². The number of rotatable bonds is 4. The van der Waals surface area contributed by atoms with Crippen LogP contribution in [0.15, 0.2) is 44.4 Å². The Balaban J connectivity index is 2.05. The van der Waals surface area contributed by atoms with Gasteiger partial charge in [0.1, 0.15) is 5.58 Å². The third-order valence-corrected chi connectivity index (χ3v) is 5.70. The van der Waals surface area contributed by atoms with Gasteiger partial charge in [-0.2, -0.15) is 4.31 Å². The minimum absolute atomic E-state index is 0.00408. The first-order chi connectivity index (χ1) is 10.0. The van der Waals surface area contributed by atoms with Gasteiger partial charge in [-0.25, -0.2) is 13.2 Å². The molecule has 0 aliphatic carbocycles. The van der Waals surface area contributed by atoms with Gasteiger partial charge >= 0.3 is 5.63 Å². The van der Waals surface area contributed by atoms with E-state index >= 15 is 0 Å². The Bertz CT molecular complexity index is 824. The Labute approximate surface area is 122 Å². The lowest BCUT2D eigenvalue weighted by molar-refractivity contribution is 0.249. The highest BCUT2D eigenvalue weighted by Crippen LogP contribution is 2.23. The third-order valence-electron chi connectivity index (χ3n) is 3.68. The van der Waals surface area contributed by atoms with Crippen molar-refractivity contribution in [1.82, 2.24) is 9.62 Å². The Morgan fingerprint density at radius 3 is 2.67 bits per heavy atom. The topological polar surface area (TPSA) is 79.6 Å². The number of benzene rings is 1. The van der Waals surface area contributed by atoms with Crippen LogP contribution in [0.4, 0.5) is 0 Å². The first-order valence-electron chi connectivity index (χ1n) is 6.79. The molecule has 0 saturated carbocycles. The fourth-order valence-corrected chi connectivity index (χ4v) is 4.12. The molecular formula is C14H16N2O4S. The van der Waals surface area contributed by atoms with E-state index in [1.54, 1.807) is 12.1 Å². The largest absolute Gasteiger partial charge is 0.423 e. The van der Waals surface area contributed by atoms with Crippen molar-refractivity contribution in [2.75, 3.05) is 19.6 Å². The van der Waals surface area contributed by atoms with E-state index in [0.29, 0.717) is 30.6 Å². The molecule has 0 amide bonds. The maximum absolute atomic E-state index is 12.7. The molecule has 1 aliphatic heterocycles. The predicted octanol–water partition coefficient (Wildman–Crippen LogP) is 0.775. The summed E-state index contributed by atoms with van der Waals surface area (Å²) >= 11 is 0. The second kappa shape index (κ2) is 5.25. The number of likely N-dealkylation sites (N-methyl/N-ethyl adjacent to an activating group) is 1. The van der Waals surface area contributed by atoms with Gasteiger partial charge in [0, 0.05) is 37.1 Å². The van der Waals surface area contributed by atoms with E-state index in [1.165, 1.54) is 22.5 Å². The smallest absolute Gasteiger partial charge is 0.336 e. The molecule has 0 spiro atoms. The summed E-state index contributed by atoms with van der Waals surface area (Å²) in [6.07, 6.45) is 0. The maximum Gasteiger partial charge on any atom is 0.336 e. The van der Waals surface area contributed by atoms with Gasteiger partial charge in [0.25, 0.3) is 0 Å².